The summed E-state index contributed by atoms with van der Waals surface area (Å²) in [5, 5.41) is 2.25. The van der Waals surface area contributed by atoms with Gasteiger partial charge >= 0.3 is 0 Å². The van der Waals surface area contributed by atoms with Crippen molar-refractivity contribution >= 4 is 10.8 Å². The van der Waals surface area contributed by atoms with Crippen LogP contribution in [-0.2, 0) is 10.8 Å². The molecule has 164 valence electrons. The predicted octanol–water partition coefficient (Wildman–Crippen LogP) is 6.97. The molecule has 0 amide bonds. The highest BCUT2D eigenvalue weighted by molar-refractivity contribution is 5.96. The van der Waals surface area contributed by atoms with Crippen molar-refractivity contribution in [2.24, 2.45) is 0 Å². The van der Waals surface area contributed by atoms with Crippen molar-refractivity contribution in [1.82, 2.24) is 19.9 Å². The topological polar surface area (TPSA) is 51.6 Å². The molecule has 0 bridgehead atoms. The highest BCUT2D eigenvalue weighted by Gasteiger charge is 2.25. The van der Waals surface area contributed by atoms with Gasteiger partial charge in [0, 0.05) is 33.5 Å². The Balaban J connectivity index is 1.89. The third-order valence-electron chi connectivity index (χ3n) is 5.49. The van der Waals surface area contributed by atoms with Crippen molar-refractivity contribution < 1.29 is 0 Å². The van der Waals surface area contributed by atoms with E-state index in [-0.39, 0.29) is 10.8 Å². The Morgan fingerprint density at radius 1 is 0.625 bits per heavy atom. The van der Waals surface area contributed by atoms with Crippen molar-refractivity contribution in [1.29, 1.82) is 0 Å². The minimum absolute atomic E-state index is 0.158. The molecule has 0 N–H and O–H groups in total. The summed E-state index contributed by atoms with van der Waals surface area (Å²) in [6.45, 7) is 17.1. The van der Waals surface area contributed by atoms with Crippen LogP contribution in [0.25, 0.3) is 33.4 Å². The molecule has 0 aliphatic rings. The van der Waals surface area contributed by atoms with Crippen molar-refractivity contribution in [3.8, 4) is 22.6 Å². The van der Waals surface area contributed by atoms with E-state index in [1.54, 1.807) is 0 Å². The Morgan fingerprint density at radius 3 is 1.78 bits per heavy atom. The average Bonchev–Trinajstić information content (AvgIpc) is 2.70. The highest BCUT2D eigenvalue weighted by atomic mass is 15.1. The number of benzene rings is 2. The van der Waals surface area contributed by atoms with Crippen LogP contribution >= 0.6 is 0 Å². The summed E-state index contributed by atoms with van der Waals surface area (Å²) in [6.07, 6.45) is 1.88. The van der Waals surface area contributed by atoms with E-state index in [9.17, 15) is 0 Å². The first-order valence-electron chi connectivity index (χ1n) is 11.2. The molecule has 4 aromatic rings. The van der Waals surface area contributed by atoms with Gasteiger partial charge in [0.15, 0.2) is 5.82 Å². The number of rotatable bonds is 2. The standard InChI is InChI=1S/C28H32N4/c1-17-13-18(2)15-21(14-17)23-22-10-9-20(16-19(22)11-12-29-23)24-30-25(27(3,4)5)32-26(31-24)28(6,7)8/h9-16H,1-8H3. The molecule has 0 spiro atoms. The van der Waals surface area contributed by atoms with Crippen LogP contribution in [0.2, 0.25) is 0 Å². The minimum atomic E-state index is -0.158. The van der Waals surface area contributed by atoms with Crippen LogP contribution in [0.4, 0.5) is 0 Å². The molecule has 4 nitrogen and oxygen atoms in total. The van der Waals surface area contributed by atoms with Crippen LogP contribution in [0.5, 0.6) is 0 Å². The molecular weight excluding hydrogens is 392 g/mol. The maximum absolute atomic E-state index is 4.86. The quantitative estimate of drug-likeness (QED) is 0.349. The van der Waals surface area contributed by atoms with E-state index in [2.05, 4.69) is 97.9 Å². The molecule has 0 unspecified atom stereocenters. The lowest BCUT2D eigenvalue weighted by Gasteiger charge is -2.22. The first kappa shape index (κ1) is 22.1. The molecular formula is C28H32N4. The molecule has 0 aliphatic carbocycles. The van der Waals surface area contributed by atoms with E-state index in [1.165, 1.54) is 11.1 Å². The molecule has 4 heteroatoms. The largest absolute Gasteiger partial charge is 0.256 e. The third kappa shape index (κ3) is 4.40. The fourth-order valence-electron chi connectivity index (χ4n) is 3.83. The molecule has 32 heavy (non-hydrogen) atoms. The van der Waals surface area contributed by atoms with Crippen molar-refractivity contribution in [2.45, 2.75) is 66.2 Å². The van der Waals surface area contributed by atoms with Gasteiger partial charge in [0.2, 0.25) is 0 Å². The Morgan fingerprint density at radius 2 is 1.22 bits per heavy atom. The van der Waals surface area contributed by atoms with Crippen LogP contribution in [0.1, 0.15) is 64.3 Å². The zero-order valence-corrected chi connectivity index (χ0v) is 20.4. The van der Waals surface area contributed by atoms with E-state index in [4.69, 9.17) is 19.9 Å². The summed E-state index contributed by atoms with van der Waals surface area (Å²) < 4.78 is 0. The highest BCUT2D eigenvalue weighted by Crippen LogP contribution is 2.32. The molecule has 2 aromatic heterocycles. The zero-order valence-electron chi connectivity index (χ0n) is 20.4. The number of pyridine rings is 1. The first-order valence-corrected chi connectivity index (χ1v) is 11.2. The molecule has 2 aromatic carbocycles. The van der Waals surface area contributed by atoms with Gasteiger partial charge in [-0.05, 0) is 43.5 Å². The Hall–Kier alpha value is -3.14. The van der Waals surface area contributed by atoms with Crippen LogP contribution in [0, 0.1) is 13.8 Å². The number of aryl methyl sites for hydroxylation is 2. The summed E-state index contributed by atoms with van der Waals surface area (Å²) in [6, 6.07) is 15.0. The minimum Gasteiger partial charge on any atom is -0.256 e. The lowest BCUT2D eigenvalue weighted by Crippen LogP contribution is -2.24. The second-order valence-electron chi connectivity index (χ2n) is 10.8. The SMILES string of the molecule is Cc1cc(C)cc(-c2nccc3cc(-c4nc(C(C)(C)C)nc(C(C)(C)C)n4)ccc23)c1. The van der Waals surface area contributed by atoms with Crippen molar-refractivity contribution in [3.05, 3.63) is 71.4 Å². The van der Waals surface area contributed by atoms with E-state index in [1.807, 2.05) is 6.20 Å². The lowest BCUT2D eigenvalue weighted by atomic mass is 9.92. The van der Waals surface area contributed by atoms with Gasteiger partial charge in [-0.25, -0.2) is 15.0 Å². The molecule has 4 rings (SSSR count). The number of hydrogen-bond donors (Lipinski definition) is 0. The van der Waals surface area contributed by atoms with Crippen molar-refractivity contribution in [2.75, 3.05) is 0 Å². The van der Waals surface area contributed by atoms with Crippen LogP contribution in [0.3, 0.4) is 0 Å². The van der Waals surface area contributed by atoms with Gasteiger partial charge < -0.3 is 0 Å². The molecule has 2 heterocycles. The smallest absolute Gasteiger partial charge is 0.163 e. The van der Waals surface area contributed by atoms with Gasteiger partial charge in [-0.15, -0.1) is 0 Å². The van der Waals surface area contributed by atoms with Crippen molar-refractivity contribution in [3.63, 3.8) is 0 Å². The van der Waals surface area contributed by atoms with E-state index < -0.39 is 0 Å². The summed E-state index contributed by atoms with van der Waals surface area (Å²) in [4.78, 5) is 19.2. The predicted molar refractivity (Wildman–Crippen MR) is 133 cm³/mol. The zero-order chi connectivity index (χ0) is 23.3. The number of hydrogen-bond acceptors (Lipinski definition) is 4. The average molecular weight is 425 g/mol. The summed E-state index contributed by atoms with van der Waals surface area (Å²) >= 11 is 0. The van der Waals surface area contributed by atoms with Crippen LogP contribution < -0.4 is 0 Å². The second kappa shape index (κ2) is 7.77. The summed E-state index contributed by atoms with van der Waals surface area (Å²) in [5.74, 6) is 2.36. The fourth-order valence-corrected chi connectivity index (χ4v) is 3.83. The Kier molecular flexibility index (Phi) is 5.36. The lowest BCUT2D eigenvalue weighted by molar-refractivity contribution is 0.497. The monoisotopic (exact) mass is 424 g/mol. The van der Waals surface area contributed by atoms with Gasteiger partial charge in [-0.2, -0.15) is 0 Å². The first-order chi connectivity index (χ1) is 14.9. The van der Waals surface area contributed by atoms with E-state index in [0.29, 0.717) is 0 Å². The van der Waals surface area contributed by atoms with Gasteiger partial charge in [0.1, 0.15) is 11.6 Å². The normalized spacial score (nSPS) is 12.4. The van der Waals surface area contributed by atoms with E-state index in [0.717, 1.165) is 45.1 Å². The van der Waals surface area contributed by atoms with E-state index >= 15 is 0 Å². The fraction of sp³-hybridized carbons (Fsp3) is 0.357. The van der Waals surface area contributed by atoms with Gasteiger partial charge in [0.05, 0.1) is 5.69 Å². The second-order valence-corrected chi connectivity index (χ2v) is 10.8. The molecule has 0 aliphatic heterocycles. The molecule has 0 saturated carbocycles. The summed E-state index contributed by atoms with van der Waals surface area (Å²) in [7, 11) is 0. The van der Waals surface area contributed by atoms with Crippen LogP contribution in [0.15, 0.2) is 48.7 Å². The maximum atomic E-state index is 4.86. The van der Waals surface area contributed by atoms with Crippen LogP contribution in [-0.4, -0.2) is 19.9 Å². The molecule has 0 atom stereocenters. The van der Waals surface area contributed by atoms with Gasteiger partial charge in [-0.1, -0.05) is 70.9 Å². The summed E-state index contributed by atoms with van der Waals surface area (Å²) in [5.41, 5.74) is 5.31. The molecule has 0 fully saturated rings. The van der Waals surface area contributed by atoms with Gasteiger partial charge in [0.25, 0.3) is 0 Å². The Bertz CT molecular complexity index is 1260. The number of aromatic nitrogens is 4. The third-order valence-corrected chi connectivity index (χ3v) is 5.49. The number of nitrogens with zero attached hydrogens (tertiary/aromatic N) is 4. The molecule has 0 saturated heterocycles. The Labute approximate surface area is 191 Å². The number of fused-ring (bicyclic) bond motifs is 1. The molecule has 0 radical (unpaired) electrons. The maximum Gasteiger partial charge on any atom is 0.163 e. The van der Waals surface area contributed by atoms with Gasteiger partial charge in [-0.3, -0.25) is 4.98 Å².